The monoisotopic (exact) mass is 402 g/mol. The number of rotatable bonds is 9. The Hall–Kier alpha value is -2.85. The predicted molar refractivity (Wildman–Crippen MR) is 119 cm³/mol. The van der Waals surface area contributed by atoms with Crippen molar-refractivity contribution in [3.8, 4) is 0 Å². The Morgan fingerprint density at radius 1 is 1.07 bits per heavy atom. The van der Waals surface area contributed by atoms with Crippen LogP contribution in [-0.4, -0.2) is 35.6 Å². The van der Waals surface area contributed by atoms with E-state index in [1.165, 1.54) is 16.7 Å². The number of carbonyl (C=O) groups is 1. The van der Waals surface area contributed by atoms with Gasteiger partial charge in [0.1, 0.15) is 0 Å². The fourth-order valence-electron chi connectivity index (χ4n) is 4.07. The summed E-state index contributed by atoms with van der Waals surface area (Å²) in [6.45, 7) is 4.69. The molecular weight excluding hydrogens is 372 g/mol. The SMILES string of the molecule is COCCN(Cc1cccn1Cc1ccc(C)cc1)C(=O)C1CC1c1ccccc1. The zero-order valence-corrected chi connectivity index (χ0v) is 17.8. The zero-order chi connectivity index (χ0) is 20.9. The first-order valence-corrected chi connectivity index (χ1v) is 10.7. The number of benzene rings is 2. The second-order valence-electron chi connectivity index (χ2n) is 8.22. The average Bonchev–Trinajstić information content (AvgIpc) is 3.46. The topological polar surface area (TPSA) is 34.5 Å². The Bertz CT molecular complexity index is 962. The summed E-state index contributed by atoms with van der Waals surface area (Å²) in [6.07, 6.45) is 3.04. The second kappa shape index (κ2) is 9.31. The van der Waals surface area contributed by atoms with Gasteiger partial charge in [-0.15, -0.1) is 0 Å². The molecule has 4 nitrogen and oxygen atoms in total. The molecule has 2 atom stereocenters. The lowest BCUT2D eigenvalue weighted by atomic mass is 10.1. The molecule has 0 radical (unpaired) electrons. The van der Waals surface area contributed by atoms with Crippen molar-refractivity contribution in [3.63, 3.8) is 0 Å². The maximum absolute atomic E-state index is 13.3. The van der Waals surface area contributed by atoms with Gasteiger partial charge in [0.25, 0.3) is 0 Å². The number of carbonyl (C=O) groups excluding carboxylic acids is 1. The highest BCUT2D eigenvalue weighted by Gasteiger charge is 2.45. The maximum Gasteiger partial charge on any atom is 0.226 e. The predicted octanol–water partition coefficient (Wildman–Crippen LogP) is 4.62. The van der Waals surface area contributed by atoms with Gasteiger partial charge in [-0.25, -0.2) is 0 Å². The van der Waals surface area contributed by atoms with Gasteiger partial charge in [0.15, 0.2) is 0 Å². The molecule has 1 aliphatic carbocycles. The molecule has 1 aromatic heterocycles. The third kappa shape index (κ3) is 4.82. The van der Waals surface area contributed by atoms with Crippen LogP contribution in [0.25, 0.3) is 0 Å². The molecule has 0 spiro atoms. The molecule has 0 N–H and O–H groups in total. The van der Waals surface area contributed by atoms with Gasteiger partial charge >= 0.3 is 0 Å². The highest BCUT2D eigenvalue weighted by molar-refractivity contribution is 5.83. The van der Waals surface area contributed by atoms with Crippen LogP contribution in [0.1, 0.15) is 34.7 Å². The molecule has 0 saturated heterocycles. The first-order chi connectivity index (χ1) is 14.7. The molecule has 4 rings (SSSR count). The van der Waals surface area contributed by atoms with Crippen LogP contribution in [-0.2, 0) is 22.6 Å². The van der Waals surface area contributed by atoms with E-state index < -0.39 is 0 Å². The van der Waals surface area contributed by atoms with E-state index in [0.29, 0.717) is 25.6 Å². The first kappa shape index (κ1) is 20.4. The number of amides is 1. The Morgan fingerprint density at radius 2 is 1.83 bits per heavy atom. The van der Waals surface area contributed by atoms with Crippen molar-refractivity contribution in [2.45, 2.75) is 32.4 Å². The van der Waals surface area contributed by atoms with Crippen molar-refractivity contribution in [3.05, 3.63) is 95.3 Å². The van der Waals surface area contributed by atoms with Crippen LogP contribution in [0, 0.1) is 12.8 Å². The lowest BCUT2D eigenvalue weighted by Gasteiger charge is -2.24. The average molecular weight is 403 g/mol. The van der Waals surface area contributed by atoms with Gasteiger partial charge in [0.2, 0.25) is 5.91 Å². The van der Waals surface area contributed by atoms with E-state index in [2.05, 4.69) is 78.4 Å². The van der Waals surface area contributed by atoms with Gasteiger partial charge in [-0.3, -0.25) is 4.79 Å². The maximum atomic E-state index is 13.3. The van der Waals surface area contributed by atoms with Crippen molar-refractivity contribution >= 4 is 5.91 Å². The minimum atomic E-state index is 0.0877. The summed E-state index contributed by atoms with van der Waals surface area (Å²) >= 11 is 0. The Balaban J connectivity index is 1.45. The van der Waals surface area contributed by atoms with E-state index in [-0.39, 0.29) is 11.8 Å². The summed E-state index contributed by atoms with van der Waals surface area (Å²) < 4.78 is 7.53. The molecule has 2 aromatic carbocycles. The van der Waals surface area contributed by atoms with Gasteiger partial charge < -0.3 is 14.2 Å². The fraction of sp³-hybridized carbons (Fsp3) is 0.346. The third-order valence-electron chi connectivity index (χ3n) is 5.96. The van der Waals surface area contributed by atoms with E-state index in [0.717, 1.165) is 18.7 Å². The van der Waals surface area contributed by atoms with E-state index >= 15 is 0 Å². The minimum Gasteiger partial charge on any atom is -0.383 e. The molecule has 156 valence electrons. The molecule has 0 aliphatic heterocycles. The second-order valence-corrected chi connectivity index (χ2v) is 8.22. The largest absolute Gasteiger partial charge is 0.383 e. The van der Waals surface area contributed by atoms with E-state index in [1.807, 2.05) is 11.0 Å². The van der Waals surface area contributed by atoms with E-state index in [4.69, 9.17) is 4.74 Å². The van der Waals surface area contributed by atoms with Crippen LogP contribution in [0.3, 0.4) is 0 Å². The third-order valence-corrected chi connectivity index (χ3v) is 5.96. The number of hydrogen-bond donors (Lipinski definition) is 0. The Labute approximate surface area is 179 Å². The summed E-state index contributed by atoms with van der Waals surface area (Å²) in [5.41, 5.74) is 4.95. The molecule has 3 aromatic rings. The van der Waals surface area contributed by atoms with Crippen LogP contribution < -0.4 is 0 Å². The quantitative estimate of drug-likeness (QED) is 0.523. The van der Waals surface area contributed by atoms with Gasteiger partial charge in [-0.1, -0.05) is 60.2 Å². The molecule has 1 aliphatic rings. The Morgan fingerprint density at radius 3 is 2.57 bits per heavy atom. The van der Waals surface area contributed by atoms with Crippen LogP contribution >= 0.6 is 0 Å². The molecular formula is C26H30N2O2. The summed E-state index contributed by atoms with van der Waals surface area (Å²) in [5, 5.41) is 0. The number of aromatic nitrogens is 1. The van der Waals surface area contributed by atoms with Crippen molar-refractivity contribution < 1.29 is 9.53 Å². The molecule has 1 heterocycles. The number of methoxy groups -OCH3 is 1. The fourth-order valence-corrected chi connectivity index (χ4v) is 4.07. The van der Waals surface area contributed by atoms with Crippen LogP contribution in [0.5, 0.6) is 0 Å². The smallest absolute Gasteiger partial charge is 0.226 e. The highest BCUT2D eigenvalue weighted by atomic mass is 16.5. The van der Waals surface area contributed by atoms with Crippen molar-refractivity contribution in [2.75, 3.05) is 20.3 Å². The standard InChI is InChI=1S/C26H30N2O2/c1-20-10-12-21(13-11-20)18-27-14-6-9-23(27)19-28(15-16-30-2)26(29)25-17-24(25)22-7-4-3-5-8-22/h3-14,24-25H,15-19H2,1-2H3. The number of hydrogen-bond acceptors (Lipinski definition) is 2. The van der Waals surface area contributed by atoms with Crippen molar-refractivity contribution in [2.24, 2.45) is 5.92 Å². The van der Waals surface area contributed by atoms with Crippen molar-refractivity contribution in [1.82, 2.24) is 9.47 Å². The highest BCUT2D eigenvalue weighted by Crippen LogP contribution is 2.48. The number of ether oxygens (including phenoxy) is 1. The van der Waals surface area contributed by atoms with Gasteiger partial charge in [-0.05, 0) is 42.5 Å². The van der Waals surface area contributed by atoms with Gasteiger partial charge in [-0.2, -0.15) is 0 Å². The normalized spacial score (nSPS) is 17.7. The molecule has 30 heavy (non-hydrogen) atoms. The first-order valence-electron chi connectivity index (χ1n) is 10.7. The summed E-state index contributed by atoms with van der Waals surface area (Å²) in [6, 6.07) is 23.2. The molecule has 4 heteroatoms. The van der Waals surface area contributed by atoms with Gasteiger partial charge in [0.05, 0.1) is 13.2 Å². The van der Waals surface area contributed by atoms with Crippen LogP contribution in [0.2, 0.25) is 0 Å². The van der Waals surface area contributed by atoms with E-state index in [9.17, 15) is 4.79 Å². The summed E-state index contributed by atoms with van der Waals surface area (Å²) in [7, 11) is 1.69. The Kier molecular flexibility index (Phi) is 6.34. The number of nitrogens with zero attached hydrogens (tertiary/aromatic N) is 2. The molecule has 2 unspecified atom stereocenters. The molecule has 1 fully saturated rings. The minimum absolute atomic E-state index is 0.0877. The molecule has 0 bridgehead atoms. The lowest BCUT2D eigenvalue weighted by Crippen LogP contribution is -2.35. The van der Waals surface area contributed by atoms with Gasteiger partial charge in [0, 0.05) is 38.0 Å². The zero-order valence-electron chi connectivity index (χ0n) is 17.8. The number of aryl methyl sites for hydroxylation is 1. The molecule has 1 amide bonds. The summed E-state index contributed by atoms with van der Waals surface area (Å²) in [4.78, 5) is 15.3. The molecule has 1 saturated carbocycles. The van der Waals surface area contributed by atoms with Crippen LogP contribution in [0.15, 0.2) is 72.9 Å². The van der Waals surface area contributed by atoms with E-state index in [1.54, 1.807) is 7.11 Å². The van der Waals surface area contributed by atoms with Crippen molar-refractivity contribution in [1.29, 1.82) is 0 Å². The summed E-state index contributed by atoms with van der Waals surface area (Å²) in [5.74, 6) is 0.678. The lowest BCUT2D eigenvalue weighted by molar-refractivity contribution is -0.134. The van der Waals surface area contributed by atoms with Crippen LogP contribution in [0.4, 0.5) is 0 Å².